The molecule has 0 aliphatic heterocycles. The van der Waals surface area contributed by atoms with E-state index in [1.807, 2.05) is 0 Å². The highest BCUT2D eigenvalue weighted by Gasteiger charge is 2.03. The smallest absolute Gasteiger partial charge is 0.241 e. The standard InChI is InChI=1S/C12H22N4O2/c1-10(2)3-5-18-6-4-14-12(17)9-16-8-11(13)7-15-16/h7-8,10H,3-6,9,13H2,1-2H3,(H,14,17). The Balaban J connectivity index is 2.03. The van der Waals surface area contributed by atoms with Gasteiger partial charge in [-0.3, -0.25) is 9.48 Å². The van der Waals surface area contributed by atoms with Crippen LogP contribution in [0.3, 0.4) is 0 Å². The van der Waals surface area contributed by atoms with Gasteiger partial charge in [0.1, 0.15) is 6.54 Å². The number of rotatable bonds is 8. The fraction of sp³-hybridized carbons (Fsp3) is 0.667. The third kappa shape index (κ3) is 6.24. The summed E-state index contributed by atoms with van der Waals surface area (Å²) in [6.07, 6.45) is 4.18. The van der Waals surface area contributed by atoms with Crippen LogP contribution in [-0.4, -0.2) is 35.4 Å². The van der Waals surface area contributed by atoms with Crippen molar-refractivity contribution in [1.82, 2.24) is 15.1 Å². The molecular formula is C12H22N4O2. The number of carbonyl (C=O) groups excluding carboxylic acids is 1. The van der Waals surface area contributed by atoms with E-state index in [0.717, 1.165) is 13.0 Å². The largest absolute Gasteiger partial charge is 0.396 e. The van der Waals surface area contributed by atoms with Gasteiger partial charge in [0.15, 0.2) is 0 Å². The zero-order valence-corrected chi connectivity index (χ0v) is 11.1. The topological polar surface area (TPSA) is 82.2 Å². The number of aromatic nitrogens is 2. The van der Waals surface area contributed by atoms with Crippen LogP contribution in [0.2, 0.25) is 0 Å². The van der Waals surface area contributed by atoms with Crippen LogP contribution in [-0.2, 0) is 16.1 Å². The number of nitrogen functional groups attached to an aromatic ring is 1. The minimum atomic E-state index is -0.0921. The summed E-state index contributed by atoms with van der Waals surface area (Å²) in [5.41, 5.74) is 6.05. The summed E-state index contributed by atoms with van der Waals surface area (Å²) < 4.78 is 6.90. The number of hydrogen-bond acceptors (Lipinski definition) is 4. The minimum Gasteiger partial charge on any atom is -0.396 e. The second-order valence-corrected chi connectivity index (χ2v) is 4.62. The Kier molecular flexibility index (Phi) is 6.21. The molecule has 0 saturated carbocycles. The number of amides is 1. The van der Waals surface area contributed by atoms with Gasteiger partial charge in [-0.2, -0.15) is 5.10 Å². The molecule has 0 spiro atoms. The Bertz CT molecular complexity index is 363. The monoisotopic (exact) mass is 254 g/mol. The lowest BCUT2D eigenvalue weighted by molar-refractivity contribution is -0.122. The summed E-state index contributed by atoms with van der Waals surface area (Å²) in [4.78, 5) is 11.5. The summed E-state index contributed by atoms with van der Waals surface area (Å²) in [5.74, 6) is 0.551. The molecule has 0 bridgehead atoms. The van der Waals surface area contributed by atoms with Crippen molar-refractivity contribution in [2.24, 2.45) is 5.92 Å². The highest BCUT2D eigenvalue weighted by Crippen LogP contribution is 1.98. The van der Waals surface area contributed by atoms with Crippen molar-refractivity contribution in [3.8, 4) is 0 Å². The SMILES string of the molecule is CC(C)CCOCCNC(=O)Cn1cc(N)cn1. The van der Waals surface area contributed by atoms with E-state index in [1.54, 1.807) is 6.20 Å². The Morgan fingerprint density at radius 3 is 2.94 bits per heavy atom. The molecule has 1 amide bonds. The number of nitrogens with one attached hydrogen (secondary N) is 1. The van der Waals surface area contributed by atoms with Crippen LogP contribution in [0, 0.1) is 5.92 Å². The highest BCUT2D eigenvalue weighted by atomic mass is 16.5. The second kappa shape index (κ2) is 7.71. The lowest BCUT2D eigenvalue weighted by atomic mass is 10.1. The maximum absolute atomic E-state index is 11.5. The minimum absolute atomic E-state index is 0.0921. The Hall–Kier alpha value is -1.56. The molecule has 0 aromatic carbocycles. The molecule has 0 fully saturated rings. The maximum Gasteiger partial charge on any atom is 0.241 e. The lowest BCUT2D eigenvalue weighted by Gasteiger charge is -2.07. The zero-order chi connectivity index (χ0) is 13.4. The quantitative estimate of drug-likeness (QED) is 0.667. The summed E-state index contributed by atoms with van der Waals surface area (Å²) in [6.45, 7) is 6.29. The predicted octanol–water partition coefficient (Wildman–Crippen LogP) is 0.644. The molecule has 1 aromatic heterocycles. The van der Waals surface area contributed by atoms with Gasteiger partial charge in [0, 0.05) is 19.3 Å². The number of anilines is 1. The van der Waals surface area contributed by atoms with Crippen LogP contribution in [0.25, 0.3) is 0 Å². The Morgan fingerprint density at radius 1 is 1.56 bits per heavy atom. The number of nitrogens with zero attached hydrogens (tertiary/aromatic N) is 2. The van der Waals surface area contributed by atoms with E-state index in [9.17, 15) is 4.79 Å². The van der Waals surface area contributed by atoms with E-state index in [4.69, 9.17) is 10.5 Å². The first kappa shape index (κ1) is 14.5. The Labute approximate surface area is 107 Å². The molecule has 18 heavy (non-hydrogen) atoms. The number of hydrogen-bond donors (Lipinski definition) is 2. The van der Waals surface area contributed by atoms with Crippen molar-refractivity contribution < 1.29 is 9.53 Å². The van der Waals surface area contributed by atoms with Gasteiger partial charge >= 0.3 is 0 Å². The van der Waals surface area contributed by atoms with E-state index in [-0.39, 0.29) is 12.5 Å². The molecule has 0 aliphatic carbocycles. The number of ether oxygens (including phenoxy) is 1. The summed E-state index contributed by atoms with van der Waals surface area (Å²) in [5, 5.41) is 6.70. The molecule has 0 saturated heterocycles. The molecule has 6 heteroatoms. The number of nitrogens with two attached hydrogens (primary N) is 1. The fourth-order valence-electron chi connectivity index (χ4n) is 1.35. The first-order valence-electron chi connectivity index (χ1n) is 6.20. The van der Waals surface area contributed by atoms with Gasteiger partial charge in [-0.1, -0.05) is 13.8 Å². The van der Waals surface area contributed by atoms with Crippen molar-refractivity contribution in [1.29, 1.82) is 0 Å². The van der Waals surface area contributed by atoms with Crippen LogP contribution >= 0.6 is 0 Å². The first-order chi connectivity index (χ1) is 8.58. The average Bonchev–Trinajstić information content (AvgIpc) is 2.68. The van der Waals surface area contributed by atoms with E-state index in [0.29, 0.717) is 24.8 Å². The van der Waals surface area contributed by atoms with E-state index in [2.05, 4.69) is 24.3 Å². The van der Waals surface area contributed by atoms with Gasteiger partial charge in [-0.05, 0) is 12.3 Å². The second-order valence-electron chi connectivity index (χ2n) is 4.62. The van der Waals surface area contributed by atoms with Gasteiger partial charge in [0.2, 0.25) is 5.91 Å². The first-order valence-corrected chi connectivity index (χ1v) is 6.20. The van der Waals surface area contributed by atoms with Crippen LogP contribution in [0.15, 0.2) is 12.4 Å². The molecule has 1 heterocycles. The normalized spacial score (nSPS) is 10.8. The molecule has 6 nitrogen and oxygen atoms in total. The van der Waals surface area contributed by atoms with Gasteiger partial charge in [-0.15, -0.1) is 0 Å². The van der Waals surface area contributed by atoms with E-state index in [1.165, 1.54) is 10.9 Å². The Morgan fingerprint density at radius 2 is 2.33 bits per heavy atom. The van der Waals surface area contributed by atoms with Crippen LogP contribution in [0.1, 0.15) is 20.3 Å². The van der Waals surface area contributed by atoms with Crippen molar-refractivity contribution >= 4 is 11.6 Å². The molecule has 1 aromatic rings. The summed E-state index contributed by atoms with van der Waals surface area (Å²) in [7, 11) is 0. The summed E-state index contributed by atoms with van der Waals surface area (Å²) >= 11 is 0. The zero-order valence-electron chi connectivity index (χ0n) is 11.1. The van der Waals surface area contributed by atoms with Crippen LogP contribution in [0.4, 0.5) is 5.69 Å². The fourth-order valence-corrected chi connectivity index (χ4v) is 1.35. The predicted molar refractivity (Wildman–Crippen MR) is 69.9 cm³/mol. The summed E-state index contributed by atoms with van der Waals surface area (Å²) in [6, 6.07) is 0. The van der Waals surface area contributed by atoms with Crippen molar-refractivity contribution in [3.63, 3.8) is 0 Å². The molecular weight excluding hydrogens is 232 g/mol. The molecule has 0 radical (unpaired) electrons. The molecule has 0 atom stereocenters. The highest BCUT2D eigenvalue weighted by molar-refractivity contribution is 5.75. The van der Waals surface area contributed by atoms with Gasteiger partial charge in [-0.25, -0.2) is 0 Å². The number of carbonyl (C=O) groups is 1. The molecule has 102 valence electrons. The van der Waals surface area contributed by atoms with Crippen LogP contribution < -0.4 is 11.1 Å². The van der Waals surface area contributed by atoms with Crippen molar-refractivity contribution in [2.45, 2.75) is 26.8 Å². The third-order valence-corrected chi connectivity index (χ3v) is 2.37. The van der Waals surface area contributed by atoms with E-state index >= 15 is 0 Å². The van der Waals surface area contributed by atoms with Crippen molar-refractivity contribution in [3.05, 3.63) is 12.4 Å². The van der Waals surface area contributed by atoms with Crippen molar-refractivity contribution in [2.75, 3.05) is 25.5 Å². The molecule has 0 unspecified atom stereocenters. The molecule has 1 rings (SSSR count). The maximum atomic E-state index is 11.5. The van der Waals surface area contributed by atoms with Gasteiger partial charge in [0.05, 0.1) is 18.5 Å². The molecule has 0 aliphatic rings. The average molecular weight is 254 g/mol. The lowest BCUT2D eigenvalue weighted by Crippen LogP contribution is -2.30. The third-order valence-electron chi connectivity index (χ3n) is 2.37. The van der Waals surface area contributed by atoms with Crippen LogP contribution in [0.5, 0.6) is 0 Å². The molecule has 3 N–H and O–H groups in total. The van der Waals surface area contributed by atoms with Gasteiger partial charge < -0.3 is 15.8 Å². The van der Waals surface area contributed by atoms with Gasteiger partial charge in [0.25, 0.3) is 0 Å². The van der Waals surface area contributed by atoms with E-state index < -0.39 is 0 Å².